The van der Waals surface area contributed by atoms with E-state index in [0.29, 0.717) is 5.82 Å². The summed E-state index contributed by atoms with van der Waals surface area (Å²) in [5.41, 5.74) is 5.84. The molecule has 32 heavy (non-hydrogen) atoms. The lowest BCUT2D eigenvalue weighted by Crippen LogP contribution is -2.40. The van der Waals surface area contributed by atoms with Crippen LogP contribution in [0.25, 0.3) is 0 Å². The summed E-state index contributed by atoms with van der Waals surface area (Å²) in [5, 5.41) is 0. The lowest BCUT2D eigenvalue weighted by Gasteiger charge is -2.32. The van der Waals surface area contributed by atoms with Gasteiger partial charge in [0, 0.05) is 45.2 Å². The number of imidazole rings is 1. The Hall–Kier alpha value is -3.51. The van der Waals surface area contributed by atoms with E-state index in [-0.39, 0.29) is 49.5 Å². The molecule has 170 valence electrons. The van der Waals surface area contributed by atoms with Gasteiger partial charge in [-0.3, -0.25) is 9.88 Å². The van der Waals surface area contributed by atoms with Gasteiger partial charge in [-0.25, -0.2) is 22.5 Å². The smallest absolute Gasteiger partial charge is 0.251 e. The summed E-state index contributed by atoms with van der Waals surface area (Å²) in [6.07, 6.45) is 3.42. The van der Waals surface area contributed by atoms with Gasteiger partial charge >= 0.3 is 0 Å². The molecule has 1 atom stereocenters. The van der Waals surface area contributed by atoms with E-state index in [1.807, 2.05) is 0 Å². The molecule has 0 saturated carbocycles. The van der Waals surface area contributed by atoms with E-state index in [0.717, 1.165) is 12.3 Å². The molecule has 3 aromatic rings. The van der Waals surface area contributed by atoms with Crippen LogP contribution in [-0.4, -0.2) is 48.5 Å². The fourth-order valence-corrected chi connectivity index (χ4v) is 3.50. The molecule has 1 saturated heterocycles. The van der Waals surface area contributed by atoms with Crippen molar-refractivity contribution in [1.29, 1.82) is 0 Å². The second-order valence-corrected chi connectivity index (χ2v) is 7.60. The molecule has 4 heterocycles. The molecule has 1 aliphatic heterocycles. The van der Waals surface area contributed by atoms with E-state index < -0.39 is 23.6 Å². The molecule has 9 nitrogen and oxygen atoms in total. The van der Waals surface area contributed by atoms with Crippen LogP contribution in [0.3, 0.4) is 0 Å². The maximum absolute atomic E-state index is 14.5. The lowest BCUT2D eigenvalue weighted by atomic mass is 10.1. The second kappa shape index (κ2) is 8.20. The first-order valence-electron chi connectivity index (χ1n) is 9.85. The number of rotatable bonds is 5. The molecule has 0 aromatic carbocycles. The Labute approximate surface area is 180 Å². The van der Waals surface area contributed by atoms with Gasteiger partial charge in [0.25, 0.3) is 5.92 Å². The van der Waals surface area contributed by atoms with Crippen molar-refractivity contribution in [3.8, 4) is 0 Å². The molecular formula is C19H21F4N9. The molecule has 0 aliphatic carbocycles. The van der Waals surface area contributed by atoms with Crippen molar-refractivity contribution in [2.75, 3.05) is 28.6 Å². The highest BCUT2D eigenvalue weighted by Crippen LogP contribution is 2.34. The molecule has 0 bridgehead atoms. The Morgan fingerprint density at radius 1 is 1.12 bits per heavy atom. The summed E-state index contributed by atoms with van der Waals surface area (Å²) in [6.45, 7) is 1.71. The van der Waals surface area contributed by atoms with E-state index in [9.17, 15) is 17.6 Å². The number of hydrogen-bond donors (Lipinski definition) is 1. The molecule has 0 unspecified atom stereocenters. The summed E-state index contributed by atoms with van der Waals surface area (Å²) < 4.78 is 56.7. The first-order chi connectivity index (χ1) is 15.1. The second-order valence-electron chi connectivity index (χ2n) is 7.60. The quantitative estimate of drug-likeness (QED) is 0.591. The van der Waals surface area contributed by atoms with Crippen molar-refractivity contribution in [3.63, 3.8) is 0 Å². The van der Waals surface area contributed by atoms with Crippen LogP contribution in [0.2, 0.25) is 0 Å². The van der Waals surface area contributed by atoms with Gasteiger partial charge < -0.3 is 15.2 Å². The largest absolute Gasteiger partial charge is 0.368 e. The first kappa shape index (κ1) is 21.7. The van der Waals surface area contributed by atoms with Gasteiger partial charge in [-0.2, -0.15) is 15.0 Å². The Morgan fingerprint density at radius 2 is 1.84 bits per heavy atom. The third-order valence-electron chi connectivity index (χ3n) is 5.18. The lowest BCUT2D eigenvalue weighted by molar-refractivity contribution is -0.0222. The number of alkyl halides is 2. The molecule has 0 spiro atoms. The molecule has 13 heteroatoms. The maximum Gasteiger partial charge on any atom is 0.251 e. The summed E-state index contributed by atoms with van der Waals surface area (Å²) >= 11 is 0. The van der Waals surface area contributed by atoms with E-state index in [1.54, 1.807) is 29.6 Å². The number of piperidine rings is 1. The molecule has 4 rings (SSSR count). The van der Waals surface area contributed by atoms with Gasteiger partial charge in [0.1, 0.15) is 11.6 Å². The number of halogens is 4. The van der Waals surface area contributed by atoms with Gasteiger partial charge in [0.2, 0.25) is 17.8 Å². The van der Waals surface area contributed by atoms with Crippen LogP contribution in [0.5, 0.6) is 0 Å². The monoisotopic (exact) mass is 451 g/mol. The zero-order valence-electron chi connectivity index (χ0n) is 17.4. The SMILES string of the molecule is C[C@@H](c1ncc(F)cc1F)N(c1cn(C)cn1)c1nc(N)nc(N2CCC(F)(F)CC2)n1. The number of aromatic nitrogens is 6. The highest BCUT2D eigenvalue weighted by molar-refractivity contribution is 5.56. The molecule has 2 N–H and O–H groups in total. The number of nitrogen functional groups attached to an aromatic ring is 1. The first-order valence-corrected chi connectivity index (χ1v) is 9.85. The molecule has 0 radical (unpaired) electrons. The third-order valence-corrected chi connectivity index (χ3v) is 5.18. The normalized spacial score (nSPS) is 16.8. The van der Waals surface area contributed by atoms with Gasteiger partial charge in [-0.1, -0.05) is 0 Å². The average Bonchev–Trinajstić information content (AvgIpc) is 3.13. The number of hydrogen-bond acceptors (Lipinski definition) is 8. The van der Waals surface area contributed by atoms with Crippen LogP contribution in [-0.2, 0) is 7.05 Å². The number of nitrogens with zero attached hydrogens (tertiary/aromatic N) is 8. The molecule has 1 aliphatic rings. The maximum atomic E-state index is 14.5. The predicted octanol–water partition coefficient (Wildman–Crippen LogP) is 3.00. The minimum Gasteiger partial charge on any atom is -0.368 e. The predicted molar refractivity (Wildman–Crippen MR) is 109 cm³/mol. The fraction of sp³-hybridized carbons (Fsp3) is 0.421. The highest BCUT2D eigenvalue weighted by Gasteiger charge is 2.35. The number of anilines is 4. The van der Waals surface area contributed by atoms with Crippen LogP contribution in [0.4, 0.5) is 41.2 Å². The van der Waals surface area contributed by atoms with Crippen LogP contribution in [0.1, 0.15) is 31.5 Å². The summed E-state index contributed by atoms with van der Waals surface area (Å²) in [6, 6.07) is -0.0814. The van der Waals surface area contributed by atoms with Crippen molar-refractivity contribution in [3.05, 3.63) is 42.1 Å². The van der Waals surface area contributed by atoms with Crippen molar-refractivity contribution in [2.45, 2.75) is 31.7 Å². The molecular weight excluding hydrogens is 430 g/mol. The summed E-state index contributed by atoms with van der Waals surface area (Å²) in [5.74, 6) is -4.02. The summed E-state index contributed by atoms with van der Waals surface area (Å²) in [4.78, 5) is 23.9. The average molecular weight is 451 g/mol. The Morgan fingerprint density at radius 3 is 2.47 bits per heavy atom. The zero-order valence-corrected chi connectivity index (χ0v) is 17.4. The minimum absolute atomic E-state index is 0.0292. The highest BCUT2D eigenvalue weighted by atomic mass is 19.3. The van der Waals surface area contributed by atoms with Gasteiger partial charge in [-0.05, 0) is 6.92 Å². The number of aryl methyl sites for hydroxylation is 1. The van der Waals surface area contributed by atoms with Crippen molar-refractivity contribution in [1.82, 2.24) is 29.5 Å². The molecule has 3 aromatic heterocycles. The van der Waals surface area contributed by atoms with E-state index in [4.69, 9.17) is 5.73 Å². The Kier molecular flexibility index (Phi) is 5.57. The van der Waals surface area contributed by atoms with Crippen LogP contribution in [0.15, 0.2) is 24.8 Å². The topological polar surface area (TPSA) is 102 Å². The Balaban J connectivity index is 1.76. The fourth-order valence-electron chi connectivity index (χ4n) is 3.50. The van der Waals surface area contributed by atoms with Gasteiger partial charge in [0.05, 0.1) is 24.3 Å². The van der Waals surface area contributed by atoms with E-state index >= 15 is 0 Å². The van der Waals surface area contributed by atoms with Crippen molar-refractivity contribution >= 4 is 23.7 Å². The minimum atomic E-state index is -2.74. The number of pyridine rings is 1. The van der Waals surface area contributed by atoms with Crippen LogP contribution in [0, 0.1) is 11.6 Å². The van der Waals surface area contributed by atoms with Crippen LogP contribution < -0.4 is 15.5 Å². The molecule has 1 fully saturated rings. The van der Waals surface area contributed by atoms with E-state index in [2.05, 4.69) is 24.9 Å². The number of nitrogens with two attached hydrogens (primary N) is 1. The third kappa shape index (κ3) is 4.41. The Bertz CT molecular complexity index is 1110. The van der Waals surface area contributed by atoms with Crippen LogP contribution >= 0.6 is 0 Å². The van der Waals surface area contributed by atoms with E-state index in [1.165, 1.54) is 11.2 Å². The zero-order chi connectivity index (χ0) is 23.0. The standard InChI is InChI=1S/C19H21F4N9/c1-11(15-13(21)7-12(20)8-25-15)32(14-9-30(2)10-26-14)18-28-16(24)27-17(29-18)31-5-3-19(22,23)4-6-31/h7-11H,3-6H2,1-2H3,(H2,24,27,28,29)/t11-/m0/s1. The summed E-state index contributed by atoms with van der Waals surface area (Å²) in [7, 11) is 1.75. The van der Waals surface area contributed by atoms with Gasteiger partial charge in [-0.15, -0.1) is 0 Å². The van der Waals surface area contributed by atoms with Gasteiger partial charge in [0.15, 0.2) is 5.82 Å². The van der Waals surface area contributed by atoms with Crippen molar-refractivity contribution in [2.24, 2.45) is 7.05 Å². The molecule has 0 amide bonds. The van der Waals surface area contributed by atoms with Crippen molar-refractivity contribution < 1.29 is 17.6 Å².